The van der Waals surface area contributed by atoms with E-state index in [-0.39, 0.29) is 23.8 Å². The number of ether oxygens (including phenoxy) is 1. The molecule has 154 valence electrons. The van der Waals surface area contributed by atoms with E-state index in [0.717, 1.165) is 12.8 Å². The molecule has 0 radical (unpaired) electrons. The van der Waals surface area contributed by atoms with Gasteiger partial charge in [0.05, 0.1) is 16.9 Å². The van der Waals surface area contributed by atoms with Crippen LogP contribution in [0.3, 0.4) is 0 Å². The normalized spacial score (nSPS) is 18.6. The highest BCUT2D eigenvalue weighted by Crippen LogP contribution is 2.28. The molecule has 1 saturated carbocycles. The van der Waals surface area contributed by atoms with Crippen LogP contribution in [0.4, 0.5) is 0 Å². The number of rotatable bonds is 8. The van der Waals surface area contributed by atoms with Crippen molar-refractivity contribution in [1.29, 1.82) is 0 Å². The molecule has 1 heterocycles. The van der Waals surface area contributed by atoms with Crippen molar-refractivity contribution in [3.8, 4) is 5.75 Å². The van der Waals surface area contributed by atoms with Gasteiger partial charge in [-0.3, -0.25) is 14.4 Å². The topological polar surface area (TPSA) is 105 Å². The molecule has 3 N–H and O–H groups in total. The number of carbonyl (C=O) groups is 3. The van der Waals surface area contributed by atoms with Gasteiger partial charge in [0.2, 0.25) is 0 Å². The Morgan fingerprint density at radius 3 is 2.21 bits per heavy atom. The number of benzene rings is 1. The number of carbonyl (C=O) groups excluding carboxylic acids is 2. The highest BCUT2D eigenvalue weighted by atomic mass is 32.1. The van der Waals surface area contributed by atoms with Crippen LogP contribution >= 0.6 is 11.3 Å². The lowest BCUT2D eigenvalue weighted by molar-refractivity contribution is -0.143. The predicted octanol–water partition coefficient (Wildman–Crippen LogP) is 2.93. The first-order valence-electron chi connectivity index (χ1n) is 9.62. The van der Waals surface area contributed by atoms with Gasteiger partial charge < -0.3 is 20.5 Å². The lowest BCUT2D eigenvalue weighted by Gasteiger charge is -2.26. The van der Waals surface area contributed by atoms with Gasteiger partial charge in [-0.15, -0.1) is 11.3 Å². The van der Waals surface area contributed by atoms with E-state index in [0.29, 0.717) is 42.1 Å². The van der Waals surface area contributed by atoms with E-state index in [1.54, 1.807) is 30.3 Å². The second kappa shape index (κ2) is 10.1. The first kappa shape index (κ1) is 20.9. The molecule has 1 aliphatic rings. The van der Waals surface area contributed by atoms with E-state index in [1.807, 2.05) is 11.4 Å². The number of amides is 2. The van der Waals surface area contributed by atoms with Crippen LogP contribution in [0.1, 0.15) is 45.7 Å². The number of carboxylic acids is 1. The molecule has 0 bridgehead atoms. The third kappa shape index (κ3) is 6.05. The summed E-state index contributed by atoms with van der Waals surface area (Å²) in [4.78, 5) is 35.7. The maximum Gasteiger partial charge on any atom is 0.306 e. The second-order valence-corrected chi connectivity index (χ2v) is 7.89. The molecule has 0 atom stereocenters. The molecule has 3 rings (SSSR count). The SMILES string of the molecule is O=C(NCCNC(=O)c1cccs1)c1ccc(O[C@H]2CC[C@@H](C(=O)O)CC2)cc1. The Bertz CT molecular complexity index is 827. The molecule has 0 aliphatic heterocycles. The van der Waals surface area contributed by atoms with Gasteiger partial charge in [0, 0.05) is 18.7 Å². The molecule has 1 aromatic carbocycles. The highest BCUT2D eigenvalue weighted by molar-refractivity contribution is 7.12. The summed E-state index contributed by atoms with van der Waals surface area (Å²) in [7, 11) is 0. The monoisotopic (exact) mass is 416 g/mol. The molecular weight excluding hydrogens is 392 g/mol. The largest absolute Gasteiger partial charge is 0.490 e. The van der Waals surface area contributed by atoms with Gasteiger partial charge in [-0.2, -0.15) is 0 Å². The minimum absolute atomic E-state index is 0.0113. The minimum atomic E-state index is -0.732. The summed E-state index contributed by atoms with van der Waals surface area (Å²) in [5, 5.41) is 16.4. The maximum atomic E-state index is 12.2. The van der Waals surface area contributed by atoms with E-state index >= 15 is 0 Å². The Morgan fingerprint density at radius 2 is 1.62 bits per heavy atom. The van der Waals surface area contributed by atoms with E-state index in [2.05, 4.69) is 10.6 Å². The summed E-state index contributed by atoms with van der Waals surface area (Å²) in [5.74, 6) is -0.693. The molecule has 8 heteroatoms. The van der Waals surface area contributed by atoms with Crippen molar-refractivity contribution >= 4 is 29.1 Å². The third-order valence-electron chi connectivity index (χ3n) is 4.88. The van der Waals surface area contributed by atoms with Gasteiger partial charge in [0.25, 0.3) is 11.8 Å². The van der Waals surface area contributed by atoms with Crippen molar-refractivity contribution in [3.63, 3.8) is 0 Å². The van der Waals surface area contributed by atoms with E-state index in [1.165, 1.54) is 11.3 Å². The van der Waals surface area contributed by atoms with Crippen molar-refractivity contribution < 1.29 is 24.2 Å². The zero-order valence-corrected chi connectivity index (χ0v) is 16.7. The molecule has 0 spiro atoms. The van der Waals surface area contributed by atoms with Gasteiger partial charge >= 0.3 is 5.97 Å². The molecule has 1 aromatic heterocycles. The zero-order valence-electron chi connectivity index (χ0n) is 15.9. The van der Waals surface area contributed by atoms with Crippen molar-refractivity contribution in [3.05, 3.63) is 52.2 Å². The molecular formula is C21H24N2O5S. The maximum absolute atomic E-state index is 12.2. The quantitative estimate of drug-likeness (QED) is 0.574. The number of nitrogens with one attached hydrogen (secondary N) is 2. The molecule has 2 amide bonds. The predicted molar refractivity (Wildman–Crippen MR) is 109 cm³/mol. The second-order valence-electron chi connectivity index (χ2n) is 6.94. The summed E-state index contributed by atoms with van der Waals surface area (Å²) in [5.41, 5.74) is 0.511. The van der Waals surface area contributed by atoms with Crippen LogP contribution in [0.15, 0.2) is 41.8 Å². The Labute approximate surface area is 173 Å². The van der Waals surface area contributed by atoms with Gasteiger partial charge in [-0.1, -0.05) is 6.07 Å². The molecule has 29 heavy (non-hydrogen) atoms. The van der Waals surface area contributed by atoms with Gasteiger partial charge in [0.1, 0.15) is 5.75 Å². The standard InChI is InChI=1S/C21H24N2O5S/c24-19(22-11-12-23-20(25)18-2-1-13-29-18)14-3-7-16(8-4-14)28-17-9-5-15(6-10-17)21(26)27/h1-4,7-8,13,15,17H,5-6,9-12H2,(H,22,24)(H,23,25)(H,26,27)/t15-,17+. The van der Waals surface area contributed by atoms with Crippen LogP contribution in [0, 0.1) is 5.92 Å². The summed E-state index contributed by atoms with van der Waals surface area (Å²) in [6.07, 6.45) is 2.71. The van der Waals surface area contributed by atoms with E-state index in [9.17, 15) is 14.4 Å². The number of hydrogen-bond donors (Lipinski definition) is 3. The van der Waals surface area contributed by atoms with E-state index < -0.39 is 5.97 Å². The van der Waals surface area contributed by atoms with Crippen LogP contribution in [0.5, 0.6) is 5.75 Å². The Hall–Kier alpha value is -2.87. The fourth-order valence-corrected chi connectivity index (χ4v) is 3.89. The molecule has 0 unspecified atom stereocenters. The Morgan fingerprint density at radius 1 is 0.966 bits per heavy atom. The molecule has 0 saturated heterocycles. The number of carboxylic acid groups (broad SMARTS) is 1. The summed E-state index contributed by atoms with van der Waals surface area (Å²) in [6, 6.07) is 10.4. The van der Waals surface area contributed by atoms with Crippen molar-refractivity contribution in [2.75, 3.05) is 13.1 Å². The third-order valence-corrected chi connectivity index (χ3v) is 5.75. The number of aliphatic carboxylic acids is 1. The van der Waals surface area contributed by atoms with Crippen LogP contribution in [-0.4, -0.2) is 42.1 Å². The number of thiophene rings is 1. The average Bonchev–Trinajstić information content (AvgIpc) is 3.27. The van der Waals surface area contributed by atoms with Crippen LogP contribution in [-0.2, 0) is 4.79 Å². The molecule has 1 aliphatic carbocycles. The summed E-state index contributed by atoms with van der Waals surface area (Å²) in [6.45, 7) is 0.684. The van der Waals surface area contributed by atoms with Crippen LogP contribution in [0.2, 0.25) is 0 Å². The fourth-order valence-electron chi connectivity index (χ4n) is 3.25. The molecule has 7 nitrogen and oxygen atoms in total. The van der Waals surface area contributed by atoms with Crippen LogP contribution < -0.4 is 15.4 Å². The van der Waals surface area contributed by atoms with Gasteiger partial charge in [0.15, 0.2) is 0 Å². The highest BCUT2D eigenvalue weighted by Gasteiger charge is 2.26. The van der Waals surface area contributed by atoms with Gasteiger partial charge in [-0.25, -0.2) is 0 Å². The first-order valence-corrected chi connectivity index (χ1v) is 10.5. The van der Waals surface area contributed by atoms with Crippen molar-refractivity contribution in [1.82, 2.24) is 10.6 Å². The molecule has 1 fully saturated rings. The van der Waals surface area contributed by atoms with Gasteiger partial charge in [-0.05, 0) is 61.4 Å². The Balaban J connectivity index is 1.38. The van der Waals surface area contributed by atoms with Crippen LogP contribution in [0.25, 0.3) is 0 Å². The van der Waals surface area contributed by atoms with E-state index in [4.69, 9.17) is 9.84 Å². The lowest BCUT2D eigenvalue weighted by Crippen LogP contribution is -2.34. The lowest BCUT2D eigenvalue weighted by atomic mass is 9.87. The summed E-state index contributed by atoms with van der Waals surface area (Å²) < 4.78 is 5.91. The number of hydrogen-bond acceptors (Lipinski definition) is 5. The van der Waals surface area contributed by atoms with Crippen molar-refractivity contribution in [2.24, 2.45) is 5.92 Å². The van der Waals surface area contributed by atoms with Crippen molar-refractivity contribution in [2.45, 2.75) is 31.8 Å². The Kier molecular flexibility index (Phi) is 7.24. The smallest absolute Gasteiger partial charge is 0.306 e. The molecule has 2 aromatic rings. The zero-order chi connectivity index (χ0) is 20.6. The first-order chi connectivity index (χ1) is 14.0. The summed E-state index contributed by atoms with van der Waals surface area (Å²) >= 11 is 1.37. The minimum Gasteiger partial charge on any atom is -0.490 e. The average molecular weight is 416 g/mol. The fraction of sp³-hybridized carbons (Fsp3) is 0.381.